The molecule has 0 aromatic rings. The minimum atomic E-state index is -0.173. The average Bonchev–Trinajstić information content (AvgIpc) is 2.31. The van der Waals surface area contributed by atoms with Crippen LogP contribution >= 0.6 is 0 Å². The van der Waals surface area contributed by atoms with E-state index in [1.165, 1.54) is 11.8 Å². The van der Waals surface area contributed by atoms with Crippen molar-refractivity contribution in [2.24, 2.45) is 21.7 Å². The first-order valence-electron chi connectivity index (χ1n) is 11.3. The van der Waals surface area contributed by atoms with Crippen molar-refractivity contribution in [2.75, 3.05) is 0 Å². The van der Waals surface area contributed by atoms with Crippen LogP contribution in [0.3, 0.4) is 0 Å². The van der Waals surface area contributed by atoms with E-state index < -0.39 is 0 Å². The van der Waals surface area contributed by atoms with Crippen LogP contribution in [0.4, 0.5) is 0 Å². The Bertz CT molecular complexity index is 409. The number of nitrogens with zero attached hydrogens (tertiary/aromatic N) is 1. The maximum atomic E-state index is 11.5. The molecule has 198 valence electrons. The number of Topliss-reactive ketones (excluding diaryl/α,β-unsaturated/α-hetero) is 1. The third kappa shape index (κ3) is 60.2. The first-order valence-corrected chi connectivity index (χ1v) is 11.3. The van der Waals surface area contributed by atoms with Gasteiger partial charge in [0, 0.05) is 77.3 Å². The zero-order valence-corrected chi connectivity index (χ0v) is 31.7. The van der Waals surface area contributed by atoms with Crippen molar-refractivity contribution < 1.29 is 70.2 Å². The second-order valence-electron chi connectivity index (χ2n) is 13.8. The molecular formula is C28H60N2OY2-4. The van der Waals surface area contributed by atoms with Gasteiger partial charge >= 0.3 is 0 Å². The van der Waals surface area contributed by atoms with Crippen LogP contribution in [0.15, 0.2) is 0 Å². The van der Waals surface area contributed by atoms with Gasteiger partial charge in [-0.3, -0.25) is 4.79 Å². The second-order valence-corrected chi connectivity index (χ2v) is 13.8. The maximum Gasteiger partial charge on any atom is 0.138 e. The van der Waals surface area contributed by atoms with Gasteiger partial charge in [-0.15, -0.1) is 0 Å². The third-order valence-electron chi connectivity index (χ3n) is 3.09. The molecule has 33 heavy (non-hydrogen) atoms. The summed E-state index contributed by atoms with van der Waals surface area (Å²) in [6.45, 7) is 37.2. The molecule has 0 heterocycles. The Hall–Kier alpha value is 1.51. The molecule has 0 aliphatic carbocycles. The van der Waals surface area contributed by atoms with E-state index in [4.69, 9.17) is 0 Å². The molecule has 0 saturated heterocycles. The third-order valence-corrected chi connectivity index (χ3v) is 3.09. The van der Waals surface area contributed by atoms with Gasteiger partial charge in [0.25, 0.3) is 0 Å². The molecule has 0 aliphatic heterocycles. The normalized spacial score (nSPS) is 11.0. The Balaban J connectivity index is -0.0000000580. The number of carbonyl (C=O) groups is 1. The van der Waals surface area contributed by atoms with Crippen LogP contribution in [-0.4, -0.2) is 11.5 Å². The number of nitrogens with two attached hydrogens (primary N) is 1. The Morgan fingerprint density at radius 3 is 0.848 bits per heavy atom. The fourth-order valence-electron chi connectivity index (χ4n) is 1.51. The van der Waals surface area contributed by atoms with Crippen molar-refractivity contribution in [1.29, 1.82) is 0 Å². The van der Waals surface area contributed by atoms with E-state index in [1.54, 1.807) is 0 Å². The van der Waals surface area contributed by atoms with Crippen LogP contribution < -0.4 is 0 Å². The van der Waals surface area contributed by atoms with Gasteiger partial charge in [-0.1, -0.05) is 83.1 Å². The molecule has 0 fully saturated rings. The Morgan fingerprint density at radius 2 is 0.788 bits per heavy atom. The number of carbonyl (C=O) groups excluding carboxylic acids is 1. The predicted molar refractivity (Wildman–Crippen MR) is 146 cm³/mol. The first-order chi connectivity index (χ1) is 12.7. The van der Waals surface area contributed by atoms with Crippen LogP contribution in [0.5, 0.6) is 0 Å². The summed E-state index contributed by atoms with van der Waals surface area (Å²) in [5.74, 6) is 3.19. The van der Waals surface area contributed by atoms with Crippen LogP contribution in [-0.2, 0) is 70.2 Å². The molecule has 0 atom stereocenters. The number of ketones is 1. The van der Waals surface area contributed by atoms with Gasteiger partial charge < -0.3 is 23.4 Å². The summed E-state index contributed by atoms with van der Waals surface area (Å²) in [5, 5.41) is 9.64. The van der Waals surface area contributed by atoms with Crippen molar-refractivity contribution in [2.45, 2.75) is 137 Å². The largest absolute Gasteiger partial charge is 0.811 e. The minimum absolute atomic E-state index is 0. The van der Waals surface area contributed by atoms with Gasteiger partial charge in [0.1, 0.15) is 5.78 Å². The predicted octanol–water partition coefficient (Wildman–Crippen LogP) is 10.5. The Labute approximate surface area is 261 Å². The van der Waals surface area contributed by atoms with E-state index in [0.29, 0.717) is 17.9 Å². The van der Waals surface area contributed by atoms with Crippen molar-refractivity contribution in [1.82, 2.24) is 0 Å². The summed E-state index contributed by atoms with van der Waals surface area (Å²) >= 11 is 0. The van der Waals surface area contributed by atoms with Gasteiger partial charge in [0.05, 0.1) is 0 Å². The maximum absolute atomic E-state index is 11.5. The fourth-order valence-corrected chi connectivity index (χ4v) is 1.51. The van der Waals surface area contributed by atoms with Gasteiger partial charge in [-0.25, -0.2) is 0 Å². The molecule has 0 aliphatic rings. The minimum Gasteiger partial charge on any atom is -0.811 e. The number of rotatable bonds is 2. The molecule has 2 N–H and O–H groups in total. The molecule has 0 bridgehead atoms. The molecular weight excluding hydrogens is 558 g/mol. The van der Waals surface area contributed by atoms with E-state index in [-0.39, 0.29) is 93.2 Å². The van der Waals surface area contributed by atoms with Crippen LogP contribution in [0.1, 0.15) is 137 Å². The molecule has 3 nitrogen and oxygen atoms in total. The smallest absolute Gasteiger partial charge is 0.138 e. The first kappa shape index (κ1) is 51.2. The van der Waals surface area contributed by atoms with Gasteiger partial charge in [0.15, 0.2) is 0 Å². The molecule has 0 aromatic carbocycles. The summed E-state index contributed by atoms with van der Waals surface area (Å²) in [6.07, 6.45) is 1.47. The summed E-state index contributed by atoms with van der Waals surface area (Å²) in [6, 6.07) is 0. The SMILES string of the molecule is CC(C)(C)CC(=O)C(C)(C)C.CC(C)(C)CC(=[N-])C(C)(C)C.C[C-](C)C.C[C-](C)C.[NH2-].[Y].[Y]. The van der Waals surface area contributed by atoms with Crippen molar-refractivity contribution in [3.8, 4) is 0 Å². The quantitative estimate of drug-likeness (QED) is 0.224. The standard InChI is InChI=1S/C10H20N.C10H20O.2C4H9.H2N.2Y/c2*1-9(2,3)7-8(11)10(4,5)6;2*1-4(2)3;;;/h2*7H2,1-6H3;2*1-3H3;1H2;;/q-1;;3*-1;;. The molecule has 0 amide bonds. The molecule has 0 saturated carbocycles. The molecule has 0 unspecified atom stereocenters. The molecule has 0 aromatic heterocycles. The second kappa shape index (κ2) is 22.7. The van der Waals surface area contributed by atoms with Crippen LogP contribution in [0, 0.1) is 33.5 Å². The monoisotopic (exact) mass is 618 g/mol. The van der Waals surface area contributed by atoms with Gasteiger partial charge in [-0.05, 0) is 22.7 Å². The summed E-state index contributed by atoms with van der Waals surface area (Å²) in [4.78, 5) is 11.5. The van der Waals surface area contributed by atoms with Crippen molar-refractivity contribution >= 4 is 11.5 Å². The topological polar surface area (TPSA) is 72.9 Å². The van der Waals surface area contributed by atoms with E-state index in [9.17, 15) is 10.2 Å². The van der Waals surface area contributed by atoms with E-state index in [0.717, 1.165) is 6.42 Å². The van der Waals surface area contributed by atoms with E-state index in [2.05, 4.69) is 83.1 Å². The van der Waals surface area contributed by atoms with Gasteiger partial charge in [0.2, 0.25) is 0 Å². The van der Waals surface area contributed by atoms with Gasteiger partial charge in [-0.2, -0.15) is 47.3 Å². The summed E-state index contributed by atoms with van der Waals surface area (Å²) in [5.41, 5.74) is 0.687. The number of hydrogen-bond acceptors (Lipinski definition) is 1. The fraction of sp³-hybridized carbons (Fsp3) is 0.857. The molecule has 2 radical (unpaired) electrons. The summed E-state index contributed by atoms with van der Waals surface area (Å²) in [7, 11) is 0. The number of hydrogen-bond donors (Lipinski definition) is 0. The average molecular weight is 619 g/mol. The van der Waals surface area contributed by atoms with E-state index in [1.807, 2.05) is 41.5 Å². The van der Waals surface area contributed by atoms with Crippen molar-refractivity contribution in [3.63, 3.8) is 0 Å². The van der Waals surface area contributed by atoms with Crippen LogP contribution in [0.25, 0.3) is 11.6 Å². The molecule has 0 spiro atoms. The summed E-state index contributed by atoms with van der Waals surface area (Å²) < 4.78 is 0. The zero-order valence-electron chi connectivity index (χ0n) is 26.0. The van der Waals surface area contributed by atoms with E-state index >= 15 is 0 Å². The molecule has 5 heteroatoms. The van der Waals surface area contributed by atoms with Crippen LogP contribution in [0.2, 0.25) is 0 Å². The Kier molecular flexibility index (Phi) is 35.2. The molecule has 0 rings (SSSR count). The zero-order chi connectivity index (χ0) is 25.7. The van der Waals surface area contributed by atoms with Crippen molar-refractivity contribution in [3.05, 3.63) is 23.4 Å². The Morgan fingerprint density at radius 1 is 0.576 bits per heavy atom.